The largest absolute Gasteiger partial charge is 0.371 e. The molecule has 0 fully saturated rings. The SMILES string of the molecule is COC1c2ccccc2[S+](O)C1C(=O)c1ccc(Cl)cc1. The average molecular weight is 322 g/mol. The van der Waals surface area contributed by atoms with Crippen molar-refractivity contribution in [3.05, 3.63) is 64.7 Å². The fourth-order valence-electron chi connectivity index (χ4n) is 2.59. The number of benzene rings is 2. The van der Waals surface area contributed by atoms with E-state index in [0.717, 1.165) is 10.5 Å². The Balaban J connectivity index is 1.99. The summed E-state index contributed by atoms with van der Waals surface area (Å²) in [6.45, 7) is 0. The van der Waals surface area contributed by atoms with Gasteiger partial charge in [0, 0.05) is 23.3 Å². The van der Waals surface area contributed by atoms with Crippen LogP contribution >= 0.6 is 11.6 Å². The van der Waals surface area contributed by atoms with Gasteiger partial charge >= 0.3 is 0 Å². The van der Waals surface area contributed by atoms with E-state index in [-0.39, 0.29) is 5.78 Å². The molecule has 0 aliphatic carbocycles. The Hall–Kier alpha value is -1.33. The van der Waals surface area contributed by atoms with Crippen LogP contribution in [0.5, 0.6) is 0 Å². The number of Topliss-reactive ketones (excluding diaryl/α,β-unsaturated/α-hetero) is 1. The molecule has 0 radical (unpaired) electrons. The molecule has 3 unspecified atom stereocenters. The summed E-state index contributed by atoms with van der Waals surface area (Å²) in [7, 11) is 1.56. The molecular formula is C16H14ClO3S+. The van der Waals surface area contributed by atoms with Crippen molar-refractivity contribution in [3.63, 3.8) is 0 Å². The van der Waals surface area contributed by atoms with Gasteiger partial charge < -0.3 is 4.74 Å². The van der Waals surface area contributed by atoms with Crippen molar-refractivity contribution in [2.45, 2.75) is 16.2 Å². The second-order valence-corrected chi connectivity index (χ2v) is 6.81. The maximum Gasteiger partial charge on any atom is 0.248 e. The van der Waals surface area contributed by atoms with Crippen LogP contribution in [0.2, 0.25) is 5.02 Å². The molecule has 3 rings (SSSR count). The lowest BCUT2D eigenvalue weighted by atomic mass is 10.00. The van der Waals surface area contributed by atoms with Crippen LogP contribution in [-0.2, 0) is 15.9 Å². The molecule has 2 aromatic rings. The van der Waals surface area contributed by atoms with Crippen LogP contribution in [0.1, 0.15) is 22.0 Å². The van der Waals surface area contributed by atoms with Gasteiger partial charge in [0.1, 0.15) is 6.10 Å². The Morgan fingerprint density at radius 2 is 1.86 bits per heavy atom. The van der Waals surface area contributed by atoms with E-state index < -0.39 is 22.5 Å². The summed E-state index contributed by atoms with van der Waals surface area (Å²) < 4.78 is 16.0. The Labute approximate surface area is 131 Å². The first-order valence-corrected chi connectivity index (χ1v) is 8.09. The van der Waals surface area contributed by atoms with Crippen molar-refractivity contribution >= 4 is 28.6 Å². The average Bonchev–Trinajstić information content (AvgIpc) is 2.80. The molecule has 5 heteroatoms. The van der Waals surface area contributed by atoms with E-state index in [1.807, 2.05) is 24.3 Å². The predicted molar refractivity (Wildman–Crippen MR) is 84.0 cm³/mol. The molecule has 1 N–H and O–H groups in total. The molecule has 0 saturated carbocycles. The summed E-state index contributed by atoms with van der Waals surface area (Å²) in [5, 5.41) is -0.0267. The van der Waals surface area contributed by atoms with Gasteiger partial charge in [-0.15, -0.1) is 0 Å². The number of hydrogen-bond acceptors (Lipinski definition) is 3. The Kier molecular flexibility index (Phi) is 4.04. The van der Waals surface area contributed by atoms with Gasteiger partial charge in [0.25, 0.3) is 0 Å². The van der Waals surface area contributed by atoms with E-state index >= 15 is 0 Å². The number of methoxy groups -OCH3 is 1. The highest BCUT2D eigenvalue weighted by atomic mass is 35.5. The third kappa shape index (κ3) is 2.49. The van der Waals surface area contributed by atoms with Gasteiger partial charge in [-0.2, -0.15) is 4.55 Å². The standard InChI is InChI=1S/C16H14ClO3S/c1-20-15-12-4-2-3-5-13(12)21(19)16(15)14(18)10-6-8-11(17)9-7-10/h2-9,15-16,19H,1H3/q+1. The zero-order valence-electron chi connectivity index (χ0n) is 11.3. The third-order valence-electron chi connectivity index (χ3n) is 3.61. The zero-order chi connectivity index (χ0) is 15.0. The number of halogens is 1. The lowest BCUT2D eigenvalue weighted by molar-refractivity contribution is 0.0762. The fourth-order valence-corrected chi connectivity index (χ4v) is 4.46. The maximum absolute atomic E-state index is 12.7. The van der Waals surface area contributed by atoms with Gasteiger partial charge in [-0.3, -0.25) is 4.79 Å². The lowest BCUT2D eigenvalue weighted by Crippen LogP contribution is -2.31. The summed E-state index contributed by atoms with van der Waals surface area (Å²) in [5.41, 5.74) is 1.42. The number of rotatable bonds is 3. The first-order valence-electron chi connectivity index (χ1n) is 6.47. The van der Waals surface area contributed by atoms with Crippen LogP contribution in [0, 0.1) is 0 Å². The number of ether oxygens (including phenoxy) is 1. The van der Waals surface area contributed by atoms with Crippen LogP contribution in [0.4, 0.5) is 0 Å². The molecule has 0 amide bonds. The molecule has 0 saturated heterocycles. The molecule has 21 heavy (non-hydrogen) atoms. The molecule has 2 aromatic carbocycles. The van der Waals surface area contributed by atoms with E-state index in [1.54, 1.807) is 31.4 Å². The normalized spacial score (nSPS) is 23.9. The van der Waals surface area contributed by atoms with Crippen LogP contribution in [0.25, 0.3) is 0 Å². The van der Waals surface area contributed by atoms with Crippen molar-refractivity contribution in [1.29, 1.82) is 0 Å². The number of carbonyl (C=O) groups is 1. The second kappa shape index (κ2) is 5.81. The Morgan fingerprint density at radius 1 is 1.19 bits per heavy atom. The fraction of sp³-hybridized carbons (Fsp3) is 0.188. The summed E-state index contributed by atoms with van der Waals surface area (Å²) in [5.74, 6) is -0.124. The van der Waals surface area contributed by atoms with Crippen molar-refractivity contribution in [3.8, 4) is 0 Å². The molecule has 108 valence electrons. The lowest BCUT2D eigenvalue weighted by Gasteiger charge is -2.13. The zero-order valence-corrected chi connectivity index (χ0v) is 12.9. The molecule has 1 aliphatic heterocycles. The topological polar surface area (TPSA) is 46.5 Å². The number of carbonyl (C=O) groups excluding carboxylic acids is 1. The van der Waals surface area contributed by atoms with Crippen LogP contribution in [-0.4, -0.2) is 22.7 Å². The van der Waals surface area contributed by atoms with Gasteiger partial charge in [-0.05, 0) is 30.3 Å². The highest BCUT2D eigenvalue weighted by Crippen LogP contribution is 2.42. The van der Waals surface area contributed by atoms with Gasteiger partial charge in [0.2, 0.25) is 11.0 Å². The first-order chi connectivity index (χ1) is 10.1. The highest BCUT2D eigenvalue weighted by molar-refractivity contribution is 7.93. The van der Waals surface area contributed by atoms with E-state index in [2.05, 4.69) is 0 Å². The quantitative estimate of drug-likeness (QED) is 0.692. The minimum absolute atomic E-state index is 0.124. The van der Waals surface area contributed by atoms with E-state index in [4.69, 9.17) is 16.3 Å². The monoisotopic (exact) mass is 321 g/mol. The van der Waals surface area contributed by atoms with Gasteiger partial charge in [-0.1, -0.05) is 29.8 Å². The summed E-state index contributed by atoms with van der Waals surface area (Å²) in [6, 6.07) is 14.2. The first kappa shape index (κ1) is 14.6. The van der Waals surface area contributed by atoms with E-state index in [1.165, 1.54) is 0 Å². The van der Waals surface area contributed by atoms with E-state index in [0.29, 0.717) is 10.6 Å². The van der Waals surface area contributed by atoms with Crippen LogP contribution in [0.15, 0.2) is 53.4 Å². The molecule has 1 aliphatic rings. The Bertz CT molecular complexity index is 671. The number of hydrogen-bond donors (Lipinski definition) is 1. The molecular weight excluding hydrogens is 308 g/mol. The molecule has 0 spiro atoms. The van der Waals surface area contributed by atoms with Crippen molar-refractivity contribution < 1.29 is 14.1 Å². The van der Waals surface area contributed by atoms with Gasteiger partial charge in [0.05, 0.1) is 0 Å². The third-order valence-corrected chi connectivity index (χ3v) is 5.62. The minimum atomic E-state index is -1.16. The van der Waals surface area contributed by atoms with Gasteiger partial charge in [-0.25, -0.2) is 0 Å². The minimum Gasteiger partial charge on any atom is -0.371 e. The molecule has 3 nitrogen and oxygen atoms in total. The highest BCUT2D eigenvalue weighted by Gasteiger charge is 2.54. The van der Waals surface area contributed by atoms with Crippen molar-refractivity contribution in [2.24, 2.45) is 0 Å². The maximum atomic E-state index is 12.7. The number of ketones is 1. The van der Waals surface area contributed by atoms with Gasteiger partial charge in [0.15, 0.2) is 16.1 Å². The predicted octanol–water partition coefficient (Wildman–Crippen LogP) is 3.74. The summed E-state index contributed by atoms with van der Waals surface area (Å²) in [6.07, 6.45) is -0.419. The molecule has 3 atom stereocenters. The van der Waals surface area contributed by atoms with Crippen LogP contribution in [0.3, 0.4) is 0 Å². The Morgan fingerprint density at radius 3 is 2.52 bits per heavy atom. The molecule has 0 bridgehead atoms. The van der Waals surface area contributed by atoms with Crippen molar-refractivity contribution in [1.82, 2.24) is 0 Å². The van der Waals surface area contributed by atoms with Crippen molar-refractivity contribution in [2.75, 3.05) is 7.11 Å². The molecule has 0 aromatic heterocycles. The summed E-state index contributed by atoms with van der Waals surface area (Å²) in [4.78, 5) is 13.5. The molecule has 1 heterocycles. The number of fused-ring (bicyclic) bond motifs is 1. The smallest absolute Gasteiger partial charge is 0.248 e. The van der Waals surface area contributed by atoms with E-state index in [9.17, 15) is 9.35 Å². The van der Waals surface area contributed by atoms with Crippen LogP contribution < -0.4 is 0 Å². The summed E-state index contributed by atoms with van der Waals surface area (Å²) >= 11 is 4.69. The second-order valence-electron chi connectivity index (χ2n) is 4.80.